The largest absolute Gasteiger partial charge is 0.494 e. The summed E-state index contributed by atoms with van der Waals surface area (Å²) in [7, 11) is 1.64. The van der Waals surface area contributed by atoms with E-state index in [0.29, 0.717) is 31.3 Å². The Balaban J connectivity index is 1.77. The highest BCUT2D eigenvalue weighted by Gasteiger charge is 2.22. The summed E-state index contributed by atoms with van der Waals surface area (Å²) in [5.41, 5.74) is 2.78. The summed E-state index contributed by atoms with van der Waals surface area (Å²) in [5, 5.41) is 3.08. The van der Waals surface area contributed by atoms with Gasteiger partial charge in [0.05, 0.1) is 13.7 Å². The number of benzene rings is 3. The molecule has 0 aliphatic heterocycles. The zero-order valence-electron chi connectivity index (χ0n) is 24.7. The predicted octanol–water partition coefficient (Wildman–Crippen LogP) is 7.22. The number of amides is 2. The van der Waals surface area contributed by atoms with Crippen LogP contribution in [0, 0.1) is 0 Å². The summed E-state index contributed by atoms with van der Waals surface area (Å²) in [6.07, 6.45) is 1.92. The van der Waals surface area contributed by atoms with Crippen LogP contribution in [0.4, 0.5) is 10.5 Å². The van der Waals surface area contributed by atoms with Crippen molar-refractivity contribution in [2.45, 2.75) is 59.7 Å². The fourth-order valence-corrected chi connectivity index (χ4v) is 4.59. The maximum absolute atomic E-state index is 13.6. The smallest absolute Gasteiger partial charge is 0.322 e. The number of hydrogen-bond donors (Lipinski definition) is 1. The van der Waals surface area contributed by atoms with Gasteiger partial charge in [0.2, 0.25) is 0 Å². The topological polar surface area (TPSA) is 63.3 Å². The number of nitrogens with zero attached hydrogens (tertiary/aromatic N) is 2. The van der Waals surface area contributed by atoms with E-state index < -0.39 is 0 Å². The van der Waals surface area contributed by atoms with Crippen molar-refractivity contribution in [3.8, 4) is 17.2 Å². The van der Waals surface area contributed by atoms with Crippen molar-refractivity contribution < 1.29 is 19.0 Å². The Morgan fingerprint density at radius 2 is 1.60 bits per heavy atom. The second-order valence-corrected chi connectivity index (χ2v) is 9.79. The number of carbonyl (C=O) groups is 1. The lowest BCUT2D eigenvalue weighted by Crippen LogP contribution is -2.41. The second-order valence-electron chi connectivity index (χ2n) is 9.79. The predicted molar refractivity (Wildman–Crippen MR) is 162 cm³/mol. The molecule has 0 fully saturated rings. The van der Waals surface area contributed by atoms with Gasteiger partial charge in [0.1, 0.15) is 12.4 Å². The van der Waals surface area contributed by atoms with Gasteiger partial charge in [-0.25, -0.2) is 4.79 Å². The Bertz CT molecular complexity index is 1150. The number of ether oxygens (including phenoxy) is 3. The van der Waals surface area contributed by atoms with Crippen LogP contribution < -0.4 is 19.5 Å². The van der Waals surface area contributed by atoms with Gasteiger partial charge in [0.15, 0.2) is 11.5 Å². The molecular formula is C33H45N3O4. The van der Waals surface area contributed by atoms with E-state index in [9.17, 15) is 4.79 Å². The molecule has 7 nitrogen and oxygen atoms in total. The zero-order valence-corrected chi connectivity index (χ0v) is 24.7. The van der Waals surface area contributed by atoms with Gasteiger partial charge in [0, 0.05) is 18.3 Å². The molecule has 0 radical (unpaired) electrons. The van der Waals surface area contributed by atoms with Gasteiger partial charge in [-0.2, -0.15) is 0 Å². The highest BCUT2D eigenvalue weighted by molar-refractivity contribution is 5.89. The van der Waals surface area contributed by atoms with Gasteiger partial charge in [-0.15, -0.1) is 0 Å². The van der Waals surface area contributed by atoms with E-state index in [0.717, 1.165) is 55.0 Å². The quantitative estimate of drug-likeness (QED) is 0.205. The molecule has 0 aliphatic carbocycles. The maximum Gasteiger partial charge on any atom is 0.322 e. The maximum atomic E-state index is 13.6. The molecule has 3 aromatic carbocycles. The van der Waals surface area contributed by atoms with Crippen LogP contribution >= 0.6 is 0 Å². The average Bonchev–Trinajstić information content (AvgIpc) is 2.98. The summed E-state index contributed by atoms with van der Waals surface area (Å²) in [4.78, 5) is 17.9. The zero-order chi connectivity index (χ0) is 28.7. The molecule has 0 saturated heterocycles. The molecule has 0 aliphatic rings. The third-order valence-electron chi connectivity index (χ3n) is 7.02. The summed E-state index contributed by atoms with van der Waals surface area (Å²) >= 11 is 0. The molecule has 0 bridgehead atoms. The lowest BCUT2D eigenvalue weighted by molar-refractivity contribution is 0.180. The summed E-state index contributed by atoms with van der Waals surface area (Å²) in [6, 6.07) is 23.3. The van der Waals surface area contributed by atoms with Crippen molar-refractivity contribution >= 4 is 11.7 Å². The van der Waals surface area contributed by atoms with Crippen LogP contribution in [0.1, 0.15) is 51.7 Å². The molecule has 1 N–H and O–H groups in total. The summed E-state index contributed by atoms with van der Waals surface area (Å²) in [6.45, 7) is 13.0. The van der Waals surface area contributed by atoms with Crippen LogP contribution in [-0.4, -0.2) is 55.2 Å². The van der Waals surface area contributed by atoms with Crippen molar-refractivity contribution in [3.05, 3.63) is 83.9 Å². The van der Waals surface area contributed by atoms with Crippen molar-refractivity contribution in [1.29, 1.82) is 0 Å². The van der Waals surface area contributed by atoms with Crippen LogP contribution in [0.25, 0.3) is 0 Å². The Morgan fingerprint density at radius 1 is 0.875 bits per heavy atom. The standard InChI is InChI=1S/C33H45N3O4/c1-6-35(7-2)22-12-13-26(4)36(33(37)34-29-17-19-30(20-18-29)39-8-3)24-28-16-21-31(38-5)32(23-28)40-25-27-14-10-9-11-15-27/h9-11,14-21,23,26H,6-8,12-13,22,24-25H2,1-5H3,(H,34,37). The number of anilines is 1. The number of carbonyl (C=O) groups excluding carboxylic acids is 1. The molecule has 0 spiro atoms. The molecule has 3 rings (SSSR count). The molecule has 2 amide bonds. The van der Waals surface area contributed by atoms with E-state index in [1.165, 1.54) is 0 Å². The molecule has 216 valence electrons. The van der Waals surface area contributed by atoms with Crippen LogP contribution in [0.3, 0.4) is 0 Å². The molecule has 0 aromatic heterocycles. The Hall–Kier alpha value is -3.71. The first-order valence-electron chi connectivity index (χ1n) is 14.3. The van der Waals surface area contributed by atoms with E-state index in [4.69, 9.17) is 14.2 Å². The van der Waals surface area contributed by atoms with Crippen LogP contribution in [0.15, 0.2) is 72.8 Å². The van der Waals surface area contributed by atoms with Crippen LogP contribution in [0.5, 0.6) is 17.2 Å². The fourth-order valence-electron chi connectivity index (χ4n) is 4.59. The first-order chi connectivity index (χ1) is 19.5. The number of methoxy groups -OCH3 is 1. The minimum Gasteiger partial charge on any atom is -0.494 e. The van der Waals surface area contributed by atoms with E-state index in [2.05, 4.69) is 31.0 Å². The van der Waals surface area contributed by atoms with Crippen molar-refractivity contribution in [1.82, 2.24) is 9.80 Å². The lowest BCUT2D eigenvalue weighted by Gasteiger charge is -2.30. The Morgan fingerprint density at radius 3 is 2.25 bits per heavy atom. The molecule has 0 saturated carbocycles. The fraction of sp³-hybridized carbons (Fsp3) is 0.424. The monoisotopic (exact) mass is 547 g/mol. The van der Waals surface area contributed by atoms with E-state index in [1.807, 2.05) is 84.6 Å². The van der Waals surface area contributed by atoms with Crippen molar-refractivity contribution in [3.63, 3.8) is 0 Å². The molecule has 1 unspecified atom stereocenters. The minimum absolute atomic E-state index is 0.0362. The van der Waals surface area contributed by atoms with Crippen molar-refractivity contribution in [2.24, 2.45) is 0 Å². The van der Waals surface area contributed by atoms with Gasteiger partial charge in [-0.1, -0.05) is 50.2 Å². The molecule has 3 aromatic rings. The molecular weight excluding hydrogens is 502 g/mol. The molecule has 0 heterocycles. The summed E-state index contributed by atoms with van der Waals surface area (Å²) in [5.74, 6) is 2.10. The SMILES string of the molecule is CCOc1ccc(NC(=O)N(Cc2ccc(OC)c(OCc3ccccc3)c2)C(C)CCCN(CC)CC)cc1. The minimum atomic E-state index is -0.137. The number of nitrogens with one attached hydrogen (secondary N) is 1. The van der Waals surface area contributed by atoms with Gasteiger partial charge in [-0.05, 0) is 93.8 Å². The third kappa shape index (κ3) is 9.49. The van der Waals surface area contributed by atoms with Gasteiger partial charge >= 0.3 is 6.03 Å². The molecule has 40 heavy (non-hydrogen) atoms. The van der Waals surface area contributed by atoms with E-state index in [1.54, 1.807) is 7.11 Å². The van der Waals surface area contributed by atoms with Gasteiger partial charge in [-0.3, -0.25) is 0 Å². The van der Waals surface area contributed by atoms with E-state index >= 15 is 0 Å². The van der Waals surface area contributed by atoms with Crippen molar-refractivity contribution in [2.75, 3.05) is 38.7 Å². The third-order valence-corrected chi connectivity index (χ3v) is 7.02. The molecule has 7 heteroatoms. The Labute approximate surface area is 240 Å². The van der Waals surface area contributed by atoms with Crippen LogP contribution in [0.2, 0.25) is 0 Å². The van der Waals surface area contributed by atoms with Crippen LogP contribution in [-0.2, 0) is 13.2 Å². The number of rotatable bonds is 16. The number of urea groups is 1. The highest BCUT2D eigenvalue weighted by Crippen LogP contribution is 2.30. The first kappa shape index (κ1) is 30.8. The average molecular weight is 548 g/mol. The molecule has 1 atom stereocenters. The first-order valence-corrected chi connectivity index (χ1v) is 14.3. The van der Waals surface area contributed by atoms with Gasteiger partial charge < -0.3 is 29.3 Å². The van der Waals surface area contributed by atoms with E-state index in [-0.39, 0.29) is 12.1 Å². The lowest BCUT2D eigenvalue weighted by atomic mass is 10.1. The normalized spacial score (nSPS) is 11.7. The number of hydrogen-bond acceptors (Lipinski definition) is 5. The summed E-state index contributed by atoms with van der Waals surface area (Å²) < 4.78 is 17.2. The Kier molecular flexibility index (Phi) is 12.6. The van der Waals surface area contributed by atoms with Gasteiger partial charge in [0.25, 0.3) is 0 Å². The second kappa shape index (κ2) is 16.4. The highest BCUT2D eigenvalue weighted by atomic mass is 16.5.